The zero-order chi connectivity index (χ0) is 12.5. The van der Waals surface area contributed by atoms with E-state index in [2.05, 4.69) is 5.32 Å². The van der Waals surface area contributed by atoms with Crippen LogP contribution in [-0.4, -0.2) is 24.5 Å². The van der Waals surface area contributed by atoms with Crippen LogP contribution in [0.25, 0.3) is 6.08 Å². The van der Waals surface area contributed by atoms with Crippen molar-refractivity contribution in [1.82, 2.24) is 5.32 Å². The monoisotopic (exact) mass is 249 g/mol. The number of carbonyl (C=O) groups is 1. The molecule has 1 aromatic rings. The molecule has 1 unspecified atom stereocenters. The van der Waals surface area contributed by atoms with E-state index < -0.39 is 0 Å². The molecule has 0 aliphatic carbocycles. The Morgan fingerprint density at radius 2 is 2.12 bits per heavy atom. The SMILES string of the molecule is CSCC(C)C(=O)NCC=Cc1ccccc1. The highest BCUT2D eigenvalue weighted by atomic mass is 32.2. The van der Waals surface area contributed by atoms with Crippen molar-refractivity contribution in [3.8, 4) is 0 Å². The quantitative estimate of drug-likeness (QED) is 0.840. The summed E-state index contributed by atoms with van der Waals surface area (Å²) in [5.74, 6) is 1.07. The molecule has 1 aromatic carbocycles. The van der Waals surface area contributed by atoms with Crippen molar-refractivity contribution in [3.05, 3.63) is 42.0 Å². The first-order valence-corrected chi connectivity index (χ1v) is 7.11. The van der Waals surface area contributed by atoms with Crippen molar-refractivity contribution in [2.45, 2.75) is 6.92 Å². The molecule has 0 fully saturated rings. The van der Waals surface area contributed by atoms with Crippen LogP contribution in [0.1, 0.15) is 12.5 Å². The Balaban J connectivity index is 2.28. The summed E-state index contributed by atoms with van der Waals surface area (Å²) in [7, 11) is 0. The summed E-state index contributed by atoms with van der Waals surface area (Å²) in [5.41, 5.74) is 1.15. The minimum absolute atomic E-state index is 0.0788. The average Bonchev–Trinajstić information content (AvgIpc) is 2.36. The summed E-state index contributed by atoms with van der Waals surface area (Å²) in [6, 6.07) is 10.1. The number of hydrogen-bond acceptors (Lipinski definition) is 2. The number of nitrogens with one attached hydrogen (secondary N) is 1. The smallest absolute Gasteiger partial charge is 0.223 e. The van der Waals surface area contributed by atoms with E-state index in [1.165, 1.54) is 0 Å². The Hall–Kier alpha value is -1.22. The Morgan fingerprint density at radius 1 is 1.41 bits per heavy atom. The minimum atomic E-state index is 0.0788. The second-order valence-corrected chi connectivity index (χ2v) is 4.83. The van der Waals surface area contributed by atoms with Gasteiger partial charge in [0, 0.05) is 18.2 Å². The third kappa shape index (κ3) is 5.59. The van der Waals surface area contributed by atoms with Crippen LogP contribution in [-0.2, 0) is 4.79 Å². The fourth-order valence-corrected chi connectivity index (χ4v) is 2.07. The molecule has 0 aromatic heterocycles. The van der Waals surface area contributed by atoms with Crippen LogP contribution in [0.4, 0.5) is 0 Å². The van der Waals surface area contributed by atoms with E-state index in [0.29, 0.717) is 6.54 Å². The maximum absolute atomic E-state index is 11.6. The van der Waals surface area contributed by atoms with Crippen LogP contribution in [0.3, 0.4) is 0 Å². The molecule has 0 spiro atoms. The molecule has 1 atom stereocenters. The Bertz CT molecular complexity index is 362. The number of hydrogen-bond donors (Lipinski definition) is 1. The predicted octanol–water partition coefficient (Wildman–Crippen LogP) is 2.82. The van der Waals surface area contributed by atoms with Gasteiger partial charge in [0.05, 0.1) is 0 Å². The van der Waals surface area contributed by atoms with E-state index in [1.54, 1.807) is 11.8 Å². The maximum atomic E-state index is 11.6. The first-order valence-electron chi connectivity index (χ1n) is 5.72. The van der Waals surface area contributed by atoms with Crippen molar-refractivity contribution in [3.63, 3.8) is 0 Å². The van der Waals surface area contributed by atoms with Crippen LogP contribution in [0.2, 0.25) is 0 Å². The predicted molar refractivity (Wildman–Crippen MR) is 76.0 cm³/mol. The van der Waals surface area contributed by atoms with Crippen LogP contribution in [0, 0.1) is 5.92 Å². The van der Waals surface area contributed by atoms with Crippen LogP contribution in [0.5, 0.6) is 0 Å². The van der Waals surface area contributed by atoms with E-state index in [4.69, 9.17) is 0 Å². The molecular weight excluding hydrogens is 230 g/mol. The molecule has 2 nitrogen and oxygen atoms in total. The first kappa shape index (κ1) is 13.8. The second-order valence-electron chi connectivity index (χ2n) is 3.91. The van der Waals surface area contributed by atoms with Crippen molar-refractivity contribution in [1.29, 1.82) is 0 Å². The zero-order valence-corrected chi connectivity index (χ0v) is 11.2. The molecule has 0 aliphatic rings. The molecular formula is C14H19NOS. The normalized spacial score (nSPS) is 12.6. The van der Waals surface area contributed by atoms with Gasteiger partial charge in [0.2, 0.25) is 5.91 Å². The van der Waals surface area contributed by atoms with Crippen molar-refractivity contribution >= 4 is 23.7 Å². The van der Waals surface area contributed by atoms with Crippen LogP contribution < -0.4 is 5.32 Å². The van der Waals surface area contributed by atoms with Gasteiger partial charge in [0.15, 0.2) is 0 Å². The molecule has 0 radical (unpaired) electrons. The van der Waals surface area contributed by atoms with Gasteiger partial charge in [-0.2, -0.15) is 11.8 Å². The molecule has 0 bridgehead atoms. The number of rotatable bonds is 6. The summed E-state index contributed by atoms with van der Waals surface area (Å²) in [6.45, 7) is 2.54. The standard InChI is InChI=1S/C14H19NOS/c1-12(11-17-2)14(16)15-10-6-9-13-7-4-3-5-8-13/h3-9,12H,10-11H2,1-2H3,(H,15,16). The van der Waals surface area contributed by atoms with Crippen molar-refractivity contribution < 1.29 is 4.79 Å². The van der Waals surface area contributed by atoms with Crippen molar-refractivity contribution in [2.24, 2.45) is 5.92 Å². The molecule has 17 heavy (non-hydrogen) atoms. The Kier molecular flexibility index (Phi) is 6.48. The third-order valence-corrected chi connectivity index (χ3v) is 3.20. The van der Waals surface area contributed by atoms with E-state index in [1.807, 2.05) is 55.7 Å². The summed E-state index contributed by atoms with van der Waals surface area (Å²) >= 11 is 1.70. The molecule has 0 saturated carbocycles. The zero-order valence-electron chi connectivity index (χ0n) is 10.3. The summed E-state index contributed by atoms with van der Waals surface area (Å²) < 4.78 is 0. The topological polar surface area (TPSA) is 29.1 Å². The van der Waals surface area contributed by atoms with Gasteiger partial charge in [0.1, 0.15) is 0 Å². The lowest BCUT2D eigenvalue weighted by Gasteiger charge is -2.08. The van der Waals surface area contributed by atoms with Crippen LogP contribution in [0.15, 0.2) is 36.4 Å². The first-order chi connectivity index (χ1) is 8.24. The van der Waals surface area contributed by atoms with Gasteiger partial charge in [-0.3, -0.25) is 4.79 Å². The van der Waals surface area contributed by atoms with E-state index >= 15 is 0 Å². The lowest BCUT2D eigenvalue weighted by Crippen LogP contribution is -2.30. The van der Waals surface area contributed by atoms with E-state index in [0.717, 1.165) is 11.3 Å². The van der Waals surface area contributed by atoms with E-state index in [9.17, 15) is 4.79 Å². The number of benzene rings is 1. The third-order valence-electron chi connectivity index (χ3n) is 2.37. The molecule has 92 valence electrons. The fourth-order valence-electron chi connectivity index (χ4n) is 1.42. The van der Waals surface area contributed by atoms with Crippen molar-refractivity contribution in [2.75, 3.05) is 18.6 Å². The number of carbonyl (C=O) groups excluding carboxylic acids is 1. The minimum Gasteiger partial charge on any atom is -0.352 e. The molecule has 3 heteroatoms. The fraction of sp³-hybridized carbons (Fsp3) is 0.357. The summed E-state index contributed by atoms with van der Waals surface area (Å²) in [4.78, 5) is 11.6. The molecule has 0 heterocycles. The molecule has 1 amide bonds. The summed E-state index contributed by atoms with van der Waals surface area (Å²) in [6.07, 6.45) is 6.00. The van der Waals surface area contributed by atoms with Gasteiger partial charge in [-0.05, 0) is 11.8 Å². The van der Waals surface area contributed by atoms with Gasteiger partial charge >= 0.3 is 0 Å². The molecule has 1 rings (SSSR count). The lowest BCUT2D eigenvalue weighted by molar-refractivity contribution is -0.123. The second kappa shape index (κ2) is 7.96. The Labute approximate surface area is 107 Å². The lowest BCUT2D eigenvalue weighted by atomic mass is 10.2. The van der Waals surface area contributed by atoms with Gasteiger partial charge in [-0.25, -0.2) is 0 Å². The van der Waals surface area contributed by atoms with Crippen LogP contribution >= 0.6 is 11.8 Å². The Morgan fingerprint density at radius 3 is 2.76 bits per heavy atom. The highest BCUT2D eigenvalue weighted by Crippen LogP contribution is 2.04. The van der Waals surface area contributed by atoms with Gasteiger partial charge < -0.3 is 5.32 Å². The number of thioether (sulfide) groups is 1. The summed E-state index contributed by atoms with van der Waals surface area (Å²) in [5, 5.41) is 2.90. The molecule has 0 saturated heterocycles. The highest BCUT2D eigenvalue weighted by Gasteiger charge is 2.09. The van der Waals surface area contributed by atoms with Gasteiger partial charge in [-0.1, -0.05) is 49.4 Å². The largest absolute Gasteiger partial charge is 0.352 e. The highest BCUT2D eigenvalue weighted by molar-refractivity contribution is 7.98. The molecule has 0 aliphatic heterocycles. The van der Waals surface area contributed by atoms with Gasteiger partial charge in [0.25, 0.3) is 0 Å². The number of amides is 1. The van der Waals surface area contributed by atoms with E-state index in [-0.39, 0.29) is 11.8 Å². The van der Waals surface area contributed by atoms with Gasteiger partial charge in [-0.15, -0.1) is 0 Å². The maximum Gasteiger partial charge on any atom is 0.223 e. The average molecular weight is 249 g/mol. The molecule has 1 N–H and O–H groups in total.